The van der Waals surface area contributed by atoms with Gasteiger partial charge in [-0.25, -0.2) is 9.78 Å². The molecule has 8 rings (SSSR count). The monoisotopic (exact) mass is 785 g/mol. The van der Waals surface area contributed by atoms with Gasteiger partial charge in [-0.05, 0) is 61.9 Å². The van der Waals surface area contributed by atoms with Crippen LogP contribution in [0.15, 0.2) is 61.1 Å². The van der Waals surface area contributed by atoms with E-state index in [4.69, 9.17) is 14.6 Å². The number of hydrogen-bond donors (Lipinski definition) is 2. The number of ether oxygens (including phenoxy) is 2. The minimum absolute atomic E-state index is 0.214. The molecular formula is C40H42F3N9O5. The number of aromatic nitrogens is 4. The molecule has 17 heteroatoms. The number of nitrogens with one attached hydrogen (secondary N) is 2. The van der Waals surface area contributed by atoms with Crippen LogP contribution in [0.4, 0.5) is 35.0 Å². The zero-order chi connectivity index (χ0) is 39.8. The summed E-state index contributed by atoms with van der Waals surface area (Å²) in [6.07, 6.45) is 4.98. The molecule has 0 atom stereocenters. The van der Waals surface area contributed by atoms with Gasteiger partial charge in [0.2, 0.25) is 5.91 Å². The standard InChI is InChI=1S/C40H42F3N9O5/c1-56-34-19-30-25(18-31(34)46-38(54)29-4-3-5-35(45-29)40(41,42)43)23-52(48-30)26-8-6-24(7-9-26)22-49-14-16-50(17-15-49)32-11-10-27-28(37(32)57-2)20-44-21-33(27)51-13-12-36(53)47-39(51)55/h3-5,10-11,18-21,23-24,26H,6-9,12-17,22H2,1-2H3,(H,46,54)(H,47,53,55)/t24-,26-. The maximum Gasteiger partial charge on any atom is 0.433 e. The average Bonchev–Trinajstić information content (AvgIpc) is 3.63. The summed E-state index contributed by atoms with van der Waals surface area (Å²) in [6.45, 7) is 4.81. The van der Waals surface area contributed by atoms with Crippen molar-refractivity contribution < 1.29 is 37.0 Å². The van der Waals surface area contributed by atoms with Crippen molar-refractivity contribution in [1.82, 2.24) is 30.0 Å². The molecule has 0 radical (unpaired) electrons. The SMILES string of the molecule is COc1cc2nn([C@H]3CC[C@H](CN4CCN(c5ccc6c(N7CCC(=O)NC7=O)cncc6c5OC)CC4)CC3)cc2cc1NC(=O)c1cccc(C(F)(F)F)n1. The van der Waals surface area contributed by atoms with E-state index in [9.17, 15) is 27.6 Å². The summed E-state index contributed by atoms with van der Waals surface area (Å²) in [4.78, 5) is 51.6. The number of methoxy groups -OCH3 is 2. The number of fused-ring (bicyclic) bond motifs is 2. The van der Waals surface area contributed by atoms with E-state index in [1.165, 1.54) is 13.2 Å². The number of urea groups is 1. The Balaban J connectivity index is 0.869. The van der Waals surface area contributed by atoms with Crippen molar-refractivity contribution in [2.24, 2.45) is 5.92 Å². The van der Waals surface area contributed by atoms with Gasteiger partial charge in [0.05, 0.1) is 49.0 Å². The fraction of sp³-hybridized carbons (Fsp3) is 0.400. The number of piperazine rings is 1. The topological polar surface area (TPSA) is 147 Å². The Kier molecular flexibility index (Phi) is 10.3. The summed E-state index contributed by atoms with van der Waals surface area (Å²) < 4.78 is 52.9. The van der Waals surface area contributed by atoms with Crippen molar-refractivity contribution in [3.8, 4) is 11.5 Å². The van der Waals surface area contributed by atoms with E-state index in [0.29, 0.717) is 34.3 Å². The molecular weight excluding hydrogens is 743 g/mol. The maximum absolute atomic E-state index is 13.2. The fourth-order valence-electron chi connectivity index (χ4n) is 8.22. The molecule has 0 unspecified atom stereocenters. The molecule has 0 bridgehead atoms. The van der Waals surface area contributed by atoms with E-state index in [1.54, 1.807) is 36.5 Å². The summed E-state index contributed by atoms with van der Waals surface area (Å²) in [5.74, 6) is 0.541. The molecule has 5 heterocycles. The number of imide groups is 1. The summed E-state index contributed by atoms with van der Waals surface area (Å²) in [5, 5.41) is 12.3. The molecule has 0 spiro atoms. The van der Waals surface area contributed by atoms with Gasteiger partial charge >= 0.3 is 12.2 Å². The number of halogens is 3. The molecule has 57 heavy (non-hydrogen) atoms. The average molecular weight is 786 g/mol. The summed E-state index contributed by atoms with van der Waals surface area (Å²) in [6, 6.07) is 10.4. The van der Waals surface area contributed by atoms with Crippen LogP contribution in [0, 0.1) is 5.92 Å². The van der Waals surface area contributed by atoms with Crippen LogP contribution in [-0.4, -0.2) is 96.0 Å². The molecule has 2 saturated heterocycles. The van der Waals surface area contributed by atoms with E-state index >= 15 is 0 Å². The molecule has 2 aromatic carbocycles. The van der Waals surface area contributed by atoms with Gasteiger partial charge in [-0.2, -0.15) is 18.3 Å². The van der Waals surface area contributed by atoms with Crippen molar-refractivity contribution in [3.05, 3.63) is 72.4 Å². The minimum atomic E-state index is -4.67. The molecule has 1 aliphatic carbocycles. The molecule has 1 saturated carbocycles. The lowest BCUT2D eigenvalue weighted by Crippen LogP contribution is -2.49. The van der Waals surface area contributed by atoms with Crippen molar-refractivity contribution in [3.63, 3.8) is 0 Å². The highest BCUT2D eigenvalue weighted by molar-refractivity contribution is 6.11. The largest absolute Gasteiger partial charge is 0.494 e. The third-order valence-corrected chi connectivity index (χ3v) is 11.2. The predicted octanol–water partition coefficient (Wildman–Crippen LogP) is 6.27. The number of rotatable bonds is 9. The molecule has 3 aromatic heterocycles. The Hall–Kier alpha value is -5.97. The van der Waals surface area contributed by atoms with Crippen LogP contribution in [0.1, 0.15) is 54.3 Å². The predicted molar refractivity (Wildman–Crippen MR) is 207 cm³/mol. The number of alkyl halides is 3. The maximum atomic E-state index is 13.2. The van der Waals surface area contributed by atoms with Gasteiger partial charge in [-0.3, -0.25) is 34.4 Å². The Bertz CT molecular complexity index is 2340. The molecule has 4 amide bonds. The first-order chi connectivity index (χ1) is 27.5. The van der Waals surface area contributed by atoms with Crippen molar-refractivity contribution in [2.45, 2.75) is 44.3 Å². The van der Waals surface area contributed by atoms with Crippen LogP contribution < -0.4 is 29.9 Å². The van der Waals surface area contributed by atoms with E-state index in [-0.39, 0.29) is 30.6 Å². The number of carbonyl (C=O) groups excluding carboxylic acids is 3. The number of amides is 4. The number of nitrogens with zero attached hydrogens (tertiary/aromatic N) is 7. The van der Waals surface area contributed by atoms with Gasteiger partial charge < -0.3 is 19.7 Å². The first-order valence-corrected chi connectivity index (χ1v) is 18.9. The highest BCUT2D eigenvalue weighted by Crippen LogP contribution is 2.41. The fourth-order valence-corrected chi connectivity index (χ4v) is 8.22. The minimum Gasteiger partial charge on any atom is -0.494 e. The van der Waals surface area contributed by atoms with Crippen LogP contribution in [-0.2, 0) is 11.0 Å². The van der Waals surface area contributed by atoms with E-state index < -0.39 is 23.8 Å². The first kappa shape index (κ1) is 37.9. The normalized spacial score (nSPS) is 19.5. The zero-order valence-electron chi connectivity index (χ0n) is 31.5. The zero-order valence-corrected chi connectivity index (χ0v) is 31.5. The van der Waals surface area contributed by atoms with Crippen LogP contribution in [0.2, 0.25) is 0 Å². The first-order valence-electron chi connectivity index (χ1n) is 18.9. The van der Waals surface area contributed by atoms with Crippen LogP contribution in [0.3, 0.4) is 0 Å². The van der Waals surface area contributed by atoms with E-state index in [1.807, 2.05) is 23.0 Å². The van der Waals surface area contributed by atoms with Gasteiger partial charge in [0.1, 0.15) is 17.1 Å². The molecule has 2 N–H and O–H groups in total. The lowest BCUT2D eigenvalue weighted by molar-refractivity contribution is -0.141. The Morgan fingerprint density at radius 1 is 0.930 bits per heavy atom. The lowest BCUT2D eigenvalue weighted by atomic mass is 9.85. The second-order valence-electron chi connectivity index (χ2n) is 14.7. The number of pyridine rings is 2. The van der Waals surface area contributed by atoms with Crippen molar-refractivity contribution >= 4 is 56.6 Å². The Morgan fingerprint density at radius 2 is 1.72 bits per heavy atom. The molecule has 298 valence electrons. The number of benzene rings is 2. The number of hydrogen-bond acceptors (Lipinski definition) is 10. The smallest absolute Gasteiger partial charge is 0.433 e. The van der Waals surface area contributed by atoms with Gasteiger partial charge in [0.15, 0.2) is 5.75 Å². The second-order valence-corrected chi connectivity index (χ2v) is 14.7. The second kappa shape index (κ2) is 15.5. The van der Waals surface area contributed by atoms with Gasteiger partial charge in [-0.1, -0.05) is 6.07 Å². The third-order valence-electron chi connectivity index (χ3n) is 11.2. The van der Waals surface area contributed by atoms with Gasteiger partial charge in [0.25, 0.3) is 5.91 Å². The highest BCUT2D eigenvalue weighted by atomic mass is 19.4. The summed E-state index contributed by atoms with van der Waals surface area (Å²) in [7, 11) is 3.10. The number of carbonyl (C=O) groups is 3. The highest BCUT2D eigenvalue weighted by Gasteiger charge is 2.33. The third kappa shape index (κ3) is 7.75. The van der Waals surface area contributed by atoms with Gasteiger partial charge in [0, 0.05) is 80.3 Å². The van der Waals surface area contributed by atoms with Crippen LogP contribution in [0.5, 0.6) is 11.5 Å². The molecule has 5 aromatic rings. The number of anilines is 3. The van der Waals surface area contributed by atoms with Crippen LogP contribution >= 0.6 is 0 Å². The van der Waals surface area contributed by atoms with Crippen LogP contribution in [0.25, 0.3) is 21.7 Å². The molecule has 14 nitrogen and oxygen atoms in total. The molecule has 3 aliphatic rings. The van der Waals surface area contributed by atoms with E-state index in [2.05, 4.69) is 30.4 Å². The van der Waals surface area contributed by atoms with Crippen molar-refractivity contribution in [2.75, 3.05) is 68.6 Å². The van der Waals surface area contributed by atoms with Gasteiger partial charge in [-0.15, -0.1) is 0 Å². The summed E-state index contributed by atoms with van der Waals surface area (Å²) in [5.41, 5.74) is 1.12. The molecule has 3 fully saturated rings. The van der Waals surface area contributed by atoms with Crippen molar-refractivity contribution in [1.29, 1.82) is 0 Å². The lowest BCUT2D eigenvalue weighted by Gasteiger charge is -2.39. The quantitative estimate of drug-likeness (QED) is 0.175. The van der Waals surface area contributed by atoms with E-state index in [0.717, 1.165) is 92.4 Å². The Morgan fingerprint density at radius 3 is 2.44 bits per heavy atom. The summed E-state index contributed by atoms with van der Waals surface area (Å²) >= 11 is 0. The Labute approximate surface area is 325 Å². The molecule has 2 aliphatic heterocycles.